The topological polar surface area (TPSA) is 118 Å². The standard InChI is InChI=1S/C13H18N4O4/c1-2-21-12(20)9-7-15-13(16-11(9)19)17-5-3-8(4-6-17)10(14)18/h7-8H,2-6H2,1H3,(H2,14,18)(H,15,16,19). The Morgan fingerprint density at radius 3 is 2.67 bits per heavy atom. The first-order chi connectivity index (χ1) is 10.0. The number of nitrogens with zero attached hydrogens (tertiary/aromatic N) is 2. The first-order valence-corrected chi connectivity index (χ1v) is 6.83. The number of hydrogen-bond acceptors (Lipinski definition) is 6. The summed E-state index contributed by atoms with van der Waals surface area (Å²) >= 11 is 0. The molecule has 8 nitrogen and oxygen atoms in total. The van der Waals surface area contributed by atoms with Crippen LogP contribution in [-0.4, -0.2) is 41.5 Å². The summed E-state index contributed by atoms with van der Waals surface area (Å²) in [6.45, 7) is 3.02. The fraction of sp³-hybridized carbons (Fsp3) is 0.538. The predicted molar refractivity (Wildman–Crippen MR) is 74.9 cm³/mol. The van der Waals surface area contributed by atoms with Crippen LogP contribution in [0.1, 0.15) is 30.1 Å². The molecule has 2 heterocycles. The minimum atomic E-state index is -0.690. The van der Waals surface area contributed by atoms with E-state index in [9.17, 15) is 14.4 Å². The van der Waals surface area contributed by atoms with Crippen molar-refractivity contribution in [2.24, 2.45) is 11.7 Å². The third kappa shape index (κ3) is 3.39. The fourth-order valence-electron chi connectivity index (χ4n) is 2.28. The van der Waals surface area contributed by atoms with E-state index in [1.807, 2.05) is 4.90 Å². The van der Waals surface area contributed by atoms with Crippen LogP contribution < -0.4 is 16.2 Å². The van der Waals surface area contributed by atoms with Crippen LogP contribution in [0.25, 0.3) is 0 Å². The number of carbonyl (C=O) groups excluding carboxylic acids is 2. The van der Waals surface area contributed by atoms with Gasteiger partial charge in [-0.05, 0) is 19.8 Å². The Morgan fingerprint density at radius 1 is 1.48 bits per heavy atom. The SMILES string of the molecule is CCOC(=O)c1cnc(N2CCC(C(N)=O)CC2)[nH]c1=O. The van der Waals surface area contributed by atoms with Crippen molar-refractivity contribution < 1.29 is 14.3 Å². The number of primary amides is 1. The number of nitrogens with two attached hydrogens (primary N) is 1. The zero-order valence-corrected chi connectivity index (χ0v) is 11.8. The van der Waals surface area contributed by atoms with Crippen molar-refractivity contribution in [1.29, 1.82) is 0 Å². The monoisotopic (exact) mass is 294 g/mol. The van der Waals surface area contributed by atoms with Gasteiger partial charge in [0.05, 0.1) is 12.8 Å². The number of anilines is 1. The maximum atomic E-state index is 11.9. The van der Waals surface area contributed by atoms with Crippen LogP contribution in [0.15, 0.2) is 11.0 Å². The molecule has 1 saturated heterocycles. The number of aromatic amines is 1. The van der Waals surface area contributed by atoms with Crippen molar-refractivity contribution in [1.82, 2.24) is 9.97 Å². The number of piperidine rings is 1. The molecule has 1 aromatic heterocycles. The van der Waals surface area contributed by atoms with E-state index in [-0.39, 0.29) is 24.0 Å². The Labute approximate surface area is 121 Å². The summed E-state index contributed by atoms with van der Waals surface area (Å²) in [5.41, 5.74) is 4.62. The summed E-state index contributed by atoms with van der Waals surface area (Å²) < 4.78 is 4.77. The van der Waals surface area contributed by atoms with E-state index in [1.165, 1.54) is 6.20 Å². The number of hydrogen-bond donors (Lipinski definition) is 2. The van der Waals surface area contributed by atoms with Gasteiger partial charge in [0.2, 0.25) is 11.9 Å². The number of amides is 1. The third-order valence-electron chi connectivity index (χ3n) is 3.48. The highest BCUT2D eigenvalue weighted by Gasteiger charge is 2.24. The first-order valence-electron chi connectivity index (χ1n) is 6.83. The Morgan fingerprint density at radius 2 is 2.14 bits per heavy atom. The van der Waals surface area contributed by atoms with Gasteiger partial charge in [-0.25, -0.2) is 9.78 Å². The summed E-state index contributed by atoms with van der Waals surface area (Å²) in [4.78, 5) is 43.0. The number of carbonyl (C=O) groups is 2. The minimum Gasteiger partial charge on any atom is -0.462 e. The lowest BCUT2D eigenvalue weighted by Crippen LogP contribution is -2.40. The average molecular weight is 294 g/mol. The van der Waals surface area contributed by atoms with Gasteiger partial charge < -0.3 is 15.4 Å². The molecule has 1 aliphatic rings. The van der Waals surface area contributed by atoms with Gasteiger partial charge in [-0.3, -0.25) is 14.6 Å². The van der Waals surface area contributed by atoms with Gasteiger partial charge in [0.15, 0.2) is 0 Å². The summed E-state index contributed by atoms with van der Waals surface area (Å²) in [6, 6.07) is 0. The molecule has 3 N–H and O–H groups in total. The van der Waals surface area contributed by atoms with Crippen LogP contribution in [-0.2, 0) is 9.53 Å². The van der Waals surface area contributed by atoms with E-state index in [1.54, 1.807) is 6.92 Å². The van der Waals surface area contributed by atoms with Crippen molar-refractivity contribution in [3.8, 4) is 0 Å². The Balaban J connectivity index is 2.09. The van der Waals surface area contributed by atoms with E-state index in [0.29, 0.717) is 31.9 Å². The Hall–Kier alpha value is -2.38. The van der Waals surface area contributed by atoms with E-state index < -0.39 is 11.5 Å². The average Bonchev–Trinajstić information content (AvgIpc) is 2.47. The number of H-pyrrole nitrogens is 1. The second kappa shape index (κ2) is 6.38. The Bertz CT molecular complexity index is 590. The molecule has 2 rings (SSSR count). The lowest BCUT2D eigenvalue weighted by Gasteiger charge is -2.30. The van der Waals surface area contributed by atoms with Crippen LogP contribution in [0.2, 0.25) is 0 Å². The minimum absolute atomic E-state index is 0.118. The number of esters is 1. The molecule has 1 fully saturated rings. The van der Waals surface area contributed by atoms with Crippen LogP contribution in [0, 0.1) is 5.92 Å². The van der Waals surface area contributed by atoms with Crippen LogP contribution >= 0.6 is 0 Å². The molecule has 1 amide bonds. The quantitative estimate of drug-likeness (QED) is 0.733. The highest BCUT2D eigenvalue weighted by Crippen LogP contribution is 2.19. The summed E-state index contributed by atoms with van der Waals surface area (Å²) in [6.07, 6.45) is 2.46. The number of rotatable bonds is 4. The molecule has 114 valence electrons. The third-order valence-corrected chi connectivity index (χ3v) is 3.48. The van der Waals surface area contributed by atoms with Crippen molar-refractivity contribution in [2.75, 3.05) is 24.6 Å². The van der Waals surface area contributed by atoms with Gasteiger partial charge in [-0.1, -0.05) is 0 Å². The molecular formula is C13H18N4O4. The first kappa shape index (κ1) is 15.0. The summed E-state index contributed by atoms with van der Waals surface area (Å²) in [7, 11) is 0. The van der Waals surface area contributed by atoms with Gasteiger partial charge >= 0.3 is 5.97 Å². The van der Waals surface area contributed by atoms with Gasteiger partial charge in [-0.2, -0.15) is 0 Å². The van der Waals surface area contributed by atoms with Crippen LogP contribution in [0.3, 0.4) is 0 Å². The lowest BCUT2D eigenvalue weighted by atomic mass is 9.96. The van der Waals surface area contributed by atoms with Gasteiger partial charge in [0.1, 0.15) is 5.56 Å². The molecule has 0 aromatic carbocycles. The molecule has 1 aliphatic heterocycles. The van der Waals surface area contributed by atoms with Crippen molar-refractivity contribution >= 4 is 17.8 Å². The lowest BCUT2D eigenvalue weighted by molar-refractivity contribution is -0.122. The number of nitrogens with one attached hydrogen (secondary N) is 1. The van der Waals surface area contributed by atoms with Crippen molar-refractivity contribution in [2.45, 2.75) is 19.8 Å². The molecule has 8 heteroatoms. The fourth-order valence-corrected chi connectivity index (χ4v) is 2.28. The van der Waals surface area contributed by atoms with Gasteiger partial charge in [-0.15, -0.1) is 0 Å². The summed E-state index contributed by atoms with van der Waals surface area (Å²) in [5.74, 6) is -0.734. The molecular weight excluding hydrogens is 276 g/mol. The maximum Gasteiger partial charge on any atom is 0.345 e. The maximum absolute atomic E-state index is 11.9. The van der Waals surface area contributed by atoms with Crippen LogP contribution in [0.5, 0.6) is 0 Å². The molecule has 0 unspecified atom stereocenters. The highest BCUT2D eigenvalue weighted by atomic mass is 16.5. The van der Waals surface area contributed by atoms with E-state index in [0.717, 1.165) is 0 Å². The highest BCUT2D eigenvalue weighted by molar-refractivity contribution is 5.88. The van der Waals surface area contributed by atoms with Crippen molar-refractivity contribution in [3.05, 3.63) is 22.1 Å². The van der Waals surface area contributed by atoms with Gasteiger partial charge in [0.25, 0.3) is 5.56 Å². The second-order valence-corrected chi connectivity index (χ2v) is 4.83. The smallest absolute Gasteiger partial charge is 0.345 e. The normalized spacial score (nSPS) is 15.8. The molecule has 21 heavy (non-hydrogen) atoms. The van der Waals surface area contributed by atoms with Gasteiger partial charge in [0, 0.05) is 19.0 Å². The zero-order valence-electron chi connectivity index (χ0n) is 11.8. The van der Waals surface area contributed by atoms with E-state index >= 15 is 0 Å². The van der Waals surface area contributed by atoms with Crippen molar-refractivity contribution in [3.63, 3.8) is 0 Å². The van der Waals surface area contributed by atoms with E-state index in [4.69, 9.17) is 10.5 Å². The molecule has 0 radical (unpaired) electrons. The molecule has 0 bridgehead atoms. The Kier molecular flexibility index (Phi) is 4.56. The zero-order chi connectivity index (χ0) is 15.4. The summed E-state index contributed by atoms with van der Waals surface area (Å²) in [5, 5.41) is 0. The number of aromatic nitrogens is 2. The number of ether oxygens (including phenoxy) is 1. The molecule has 0 spiro atoms. The molecule has 0 atom stereocenters. The molecule has 0 aliphatic carbocycles. The molecule has 1 aromatic rings. The molecule has 0 saturated carbocycles. The largest absolute Gasteiger partial charge is 0.462 e. The predicted octanol–water partition coefficient (Wildman–Crippen LogP) is -0.352. The van der Waals surface area contributed by atoms with Crippen LogP contribution in [0.4, 0.5) is 5.95 Å². The second-order valence-electron chi connectivity index (χ2n) is 4.83. The van der Waals surface area contributed by atoms with E-state index in [2.05, 4.69) is 9.97 Å².